The first kappa shape index (κ1) is 13.8. The van der Waals surface area contributed by atoms with E-state index < -0.39 is 0 Å². The van der Waals surface area contributed by atoms with Crippen LogP contribution in [0.4, 0.5) is 17.2 Å². The second-order valence-corrected chi connectivity index (χ2v) is 4.16. The number of rotatable bonds is 5. The molecule has 0 aliphatic rings. The Bertz CT molecular complexity index is 625. The number of carbonyl (C=O) groups excluding carboxylic acids is 1. The highest BCUT2D eigenvalue weighted by Gasteiger charge is 2.06. The number of nitrogen functional groups attached to an aromatic ring is 1. The average molecular weight is 269 g/mol. The van der Waals surface area contributed by atoms with Gasteiger partial charge in [0.2, 0.25) is 0 Å². The number of ketones is 1. The highest BCUT2D eigenvalue weighted by molar-refractivity contribution is 5.82. The predicted molar refractivity (Wildman–Crippen MR) is 77.0 cm³/mol. The van der Waals surface area contributed by atoms with Gasteiger partial charge in [0.05, 0.1) is 24.3 Å². The summed E-state index contributed by atoms with van der Waals surface area (Å²) in [6, 6.07) is 12.7. The van der Waals surface area contributed by atoms with Crippen LogP contribution in [0.25, 0.3) is 0 Å². The summed E-state index contributed by atoms with van der Waals surface area (Å²) in [6.07, 6.45) is 0.177. The SMILES string of the molecule is NCC(=O)Cc1ccc(N=Nc2ccccc2)c(N)n1. The lowest BCUT2D eigenvalue weighted by Gasteiger charge is -2.02. The minimum Gasteiger partial charge on any atom is -0.382 e. The highest BCUT2D eigenvalue weighted by atomic mass is 16.1. The molecule has 0 aliphatic carbocycles. The summed E-state index contributed by atoms with van der Waals surface area (Å²) >= 11 is 0. The third-order valence-corrected chi connectivity index (χ3v) is 2.60. The number of anilines is 1. The zero-order valence-corrected chi connectivity index (χ0v) is 10.9. The largest absolute Gasteiger partial charge is 0.382 e. The molecule has 0 fully saturated rings. The van der Waals surface area contributed by atoms with Crippen LogP contribution >= 0.6 is 0 Å². The van der Waals surface area contributed by atoms with Gasteiger partial charge in [0.15, 0.2) is 11.6 Å². The summed E-state index contributed by atoms with van der Waals surface area (Å²) in [5.74, 6) is 0.155. The molecular weight excluding hydrogens is 254 g/mol. The number of carbonyl (C=O) groups is 1. The number of hydrogen-bond donors (Lipinski definition) is 2. The molecule has 0 aliphatic heterocycles. The normalized spacial score (nSPS) is 10.8. The number of benzene rings is 1. The maximum atomic E-state index is 11.2. The highest BCUT2D eigenvalue weighted by Crippen LogP contribution is 2.23. The molecule has 4 N–H and O–H groups in total. The Labute approximate surface area is 116 Å². The summed E-state index contributed by atoms with van der Waals surface area (Å²) in [5.41, 5.74) is 12.8. The quantitative estimate of drug-likeness (QED) is 0.811. The van der Waals surface area contributed by atoms with Crippen molar-refractivity contribution in [1.29, 1.82) is 0 Å². The maximum absolute atomic E-state index is 11.2. The van der Waals surface area contributed by atoms with Gasteiger partial charge in [-0.3, -0.25) is 4.79 Å². The lowest BCUT2D eigenvalue weighted by molar-refractivity contribution is -0.117. The van der Waals surface area contributed by atoms with Crippen LogP contribution in [-0.2, 0) is 11.2 Å². The number of hydrogen-bond acceptors (Lipinski definition) is 6. The standard InChI is InChI=1S/C14H15N5O/c15-9-12(20)8-11-6-7-13(14(16)17-11)19-18-10-4-2-1-3-5-10/h1-7H,8-9,15H2,(H2,16,17). The van der Waals surface area contributed by atoms with Crippen molar-refractivity contribution < 1.29 is 4.79 Å². The molecule has 0 unspecified atom stereocenters. The van der Waals surface area contributed by atoms with Gasteiger partial charge in [0.1, 0.15) is 5.69 Å². The van der Waals surface area contributed by atoms with Crippen molar-refractivity contribution in [2.45, 2.75) is 6.42 Å². The van der Waals surface area contributed by atoms with E-state index in [1.165, 1.54) is 0 Å². The van der Waals surface area contributed by atoms with Crippen LogP contribution in [0.1, 0.15) is 5.69 Å². The van der Waals surface area contributed by atoms with Crippen molar-refractivity contribution in [3.63, 3.8) is 0 Å². The van der Waals surface area contributed by atoms with E-state index >= 15 is 0 Å². The Balaban J connectivity index is 2.14. The van der Waals surface area contributed by atoms with Gasteiger partial charge in [0, 0.05) is 0 Å². The number of pyridine rings is 1. The first-order chi connectivity index (χ1) is 9.69. The smallest absolute Gasteiger partial charge is 0.152 e. The second kappa shape index (κ2) is 6.53. The van der Waals surface area contributed by atoms with Crippen LogP contribution in [-0.4, -0.2) is 17.3 Å². The topological polar surface area (TPSA) is 107 Å². The number of nitrogens with zero attached hydrogens (tertiary/aromatic N) is 3. The van der Waals surface area contributed by atoms with Crippen molar-refractivity contribution in [3.8, 4) is 0 Å². The molecule has 2 aromatic rings. The third kappa shape index (κ3) is 3.69. The Morgan fingerprint density at radius 1 is 1.10 bits per heavy atom. The number of azo groups is 1. The third-order valence-electron chi connectivity index (χ3n) is 2.60. The van der Waals surface area contributed by atoms with Crippen LogP contribution in [0.5, 0.6) is 0 Å². The fourth-order valence-electron chi connectivity index (χ4n) is 1.57. The lowest BCUT2D eigenvalue weighted by atomic mass is 10.2. The number of aromatic nitrogens is 1. The Kier molecular flexibility index (Phi) is 4.52. The van der Waals surface area contributed by atoms with Gasteiger partial charge in [-0.15, -0.1) is 5.11 Å². The zero-order valence-electron chi connectivity index (χ0n) is 10.9. The zero-order chi connectivity index (χ0) is 14.4. The number of Topliss-reactive ketones (excluding diaryl/α,β-unsaturated/α-hetero) is 1. The van der Waals surface area contributed by atoms with Gasteiger partial charge >= 0.3 is 0 Å². The summed E-state index contributed by atoms with van der Waals surface area (Å²) < 4.78 is 0. The van der Waals surface area contributed by atoms with Gasteiger partial charge in [-0.2, -0.15) is 5.11 Å². The Hall–Kier alpha value is -2.60. The van der Waals surface area contributed by atoms with Crippen LogP contribution < -0.4 is 11.5 Å². The molecule has 0 radical (unpaired) electrons. The molecule has 6 heteroatoms. The van der Waals surface area contributed by atoms with Gasteiger partial charge < -0.3 is 11.5 Å². The molecule has 0 saturated carbocycles. The second-order valence-electron chi connectivity index (χ2n) is 4.16. The first-order valence-corrected chi connectivity index (χ1v) is 6.13. The molecule has 6 nitrogen and oxygen atoms in total. The van der Waals surface area contributed by atoms with Crippen LogP contribution in [0.3, 0.4) is 0 Å². The summed E-state index contributed by atoms with van der Waals surface area (Å²) in [6.45, 7) is -0.00292. The van der Waals surface area contributed by atoms with E-state index in [4.69, 9.17) is 11.5 Å². The Morgan fingerprint density at radius 2 is 1.85 bits per heavy atom. The first-order valence-electron chi connectivity index (χ1n) is 6.13. The molecule has 1 aromatic heterocycles. The molecule has 1 aromatic carbocycles. The van der Waals surface area contributed by atoms with Gasteiger partial charge in [-0.1, -0.05) is 18.2 Å². The van der Waals surface area contributed by atoms with Gasteiger partial charge in [-0.25, -0.2) is 4.98 Å². The number of nitrogens with two attached hydrogens (primary N) is 2. The summed E-state index contributed by atoms with van der Waals surface area (Å²) in [5, 5.41) is 8.11. The monoisotopic (exact) mass is 269 g/mol. The molecule has 0 atom stereocenters. The van der Waals surface area contributed by atoms with Crippen molar-refractivity contribution >= 4 is 23.0 Å². The summed E-state index contributed by atoms with van der Waals surface area (Å²) in [4.78, 5) is 15.4. The molecule has 0 saturated heterocycles. The fraction of sp³-hybridized carbons (Fsp3) is 0.143. The minimum atomic E-state index is -0.0874. The Morgan fingerprint density at radius 3 is 2.50 bits per heavy atom. The van der Waals surface area contributed by atoms with E-state index in [-0.39, 0.29) is 24.6 Å². The van der Waals surface area contributed by atoms with Crippen molar-refractivity contribution in [2.75, 3.05) is 12.3 Å². The van der Waals surface area contributed by atoms with E-state index in [0.717, 1.165) is 5.69 Å². The van der Waals surface area contributed by atoms with E-state index in [2.05, 4.69) is 15.2 Å². The van der Waals surface area contributed by atoms with Crippen LogP contribution in [0, 0.1) is 0 Å². The fourth-order valence-corrected chi connectivity index (χ4v) is 1.57. The maximum Gasteiger partial charge on any atom is 0.152 e. The molecule has 1 heterocycles. The molecule has 0 amide bonds. The van der Waals surface area contributed by atoms with Crippen molar-refractivity contribution in [2.24, 2.45) is 16.0 Å². The summed E-state index contributed by atoms with van der Waals surface area (Å²) in [7, 11) is 0. The molecule has 2 rings (SSSR count). The van der Waals surface area contributed by atoms with Crippen molar-refractivity contribution in [3.05, 3.63) is 48.2 Å². The molecule has 102 valence electrons. The molecule has 20 heavy (non-hydrogen) atoms. The van der Waals surface area contributed by atoms with E-state index in [1.54, 1.807) is 12.1 Å². The minimum absolute atomic E-state index is 0.00292. The van der Waals surface area contributed by atoms with E-state index in [0.29, 0.717) is 11.4 Å². The van der Waals surface area contributed by atoms with Gasteiger partial charge in [0.25, 0.3) is 0 Å². The van der Waals surface area contributed by atoms with Crippen LogP contribution in [0.2, 0.25) is 0 Å². The molecule has 0 spiro atoms. The van der Waals surface area contributed by atoms with Crippen molar-refractivity contribution in [1.82, 2.24) is 4.98 Å². The predicted octanol–water partition coefficient (Wildman–Crippen LogP) is 2.15. The lowest BCUT2D eigenvalue weighted by Crippen LogP contribution is -2.16. The molecular formula is C14H15N5O. The van der Waals surface area contributed by atoms with Gasteiger partial charge in [-0.05, 0) is 24.3 Å². The average Bonchev–Trinajstić information content (AvgIpc) is 2.47. The molecule has 0 bridgehead atoms. The van der Waals surface area contributed by atoms with E-state index in [1.807, 2.05) is 30.3 Å². The van der Waals surface area contributed by atoms with Crippen LogP contribution in [0.15, 0.2) is 52.7 Å². The van der Waals surface area contributed by atoms with E-state index in [9.17, 15) is 4.79 Å².